The molecule has 2 aliphatic rings. The molecule has 1 atom stereocenters. The zero-order valence-corrected chi connectivity index (χ0v) is 15.8. The van der Waals surface area contributed by atoms with Crippen LogP contribution in [-0.2, 0) is 4.79 Å². The number of likely N-dealkylation sites (tertiary alicyclic amines) is 2. The van der Waals surface area contributed by atoms with Crippen LogP contribution < -0.4 is 0 Å². The Balaban J connectivity index is 1.41. The molecule has 1 amide bonds. The summed E-state index contributed by atoms with van der Waals surface area (Å²) in [6.45, 7) is 7.30. The lowest BCUT2D eigenvalue weighted by molar-refractivity contribution is -0.136. The number of carbonyl (C=O) groups excluding carboxylic acids is 1. The number of hydrogen-bond donors (Lipinski definition) is 1. The third kappa shape index (κ3) is 3.69. The number of H-pyrrole nitrogens is 1. The van der Waals surface area contributed by atoms with Crippen LogP contribution in [0.3, 0.4) is 0 Å². The molecule has 4 rings (SSSR count). The molecule has 27 heavy (non-hydrogen) atoms. The van der Waals surface area contributed by atoms with Crippen molar-refractivity contribution in [2.45, 2.75) is 37.6 Å². The Morgan fingerprint density at radius 2 is 1.96 bits per heavy atom. The quantitative estimate of drug-likeness (QED) is 0.827. The normalized spacial score (nSPS) is 21.5. The summed E-state index contributed by atoms with van der Waals surface area (Å²) in [5.41, 5.74) is 3.60. The lowest BCUT2D eigenvalue weighted by Crippen LogP contribution is -2.48. The fourth-order valence-corrected chi connectivity index (χ4v) is 4.54. The van der Waals surface area contributed by atoms with E-state index in [0.29, 0.717) is 11.8 Å². The topological polar surface area (TPSA) is 52.2 Å². The maximum atomic E-state index is 13.0. The smallest absolute Gasteiger partial charge is 0.239 e. The van der Waals surface area contributed by atoms with Crippen LogP contribution >= 0.6 is 0 Å². The number of aromatic nitrogens is 2. The minimum absolute atomic E-state index is 0.0478. The van der Waals surface area contributed by atoms with Crippen molar-refractivity contribution in [1.29, 1.82) is 0 Å². The summed E-state index contributed by atoms with van der Waals surface area (Å²) < 4.78 is 0. The zero-order valence-electron chi connectivity index (χ0n) is 15.8. The van der Waals surface area contributed by atoms with E-state index in [2.05, 4.69) is 50.8 Å². The van der Waals surface area contributed by atoms with Crippen LogP contribution in [0.25, 0.3) is 11.1 Å². The highest BCUT2D eigenvalue weighted by atomic mass is 16.2. The molecule has 0 aliphatic carbocycles. The molecule has 1 aromatic carbocycles. The lowest BCUT2D eigenvalue weighted by atomic mass is 9.89. The van der Waals surface area contributed by atoms with Gasteiger partial charge in [-0.05, 0) is 37.8 Å². The molecule has 0 bridgehead atoms. The first-order chi connectivity index (χ1) is 13.3. The minimum Gasteiger partial charge on any atom is -0.341 e. The van der Waals surface area contributed by atoms with Gasteiger partial charge in [-0.15, -0.1) is 6.58 Å². The van der Waals surface area contributed by atoms with Crippen molar-refractivity contribution in [3.05, 3.63) is 54.9 Å². The van der Waals surface area contributed by atoms with Gasteiger partial charge in [-0.2, -0.15) is 5.10 Å². The molecule has 2 fully saturated rings. The molecule has 2 saturated heterocycles. The molecule has 1 N–H and O–H groups in total. The average molecular weight is 364 g/mol. The van der Waals surface area contributed by atoms with Gasteiger partial charge in [-0.1, -0.05) is 36.4 Å². The van der Waals surface area contributed by atoms with Crippen molar-refractivity contribution in [3.63, 3.8) is 0 Å². The Hall–Kier alpha value is -2.40. The average Bonchev–Trinajstić information content (AvgIpc) is 3.38. The molecule has 5 heteroatoms. The fraction of sp³-hybridized carbons (Fsp3) is 0.455. The van der Waals surface area contributed by atoms with E-state index in [-0.39, 0.29) is 6.04 Å². The Bertz CT molecular complexity index is 777. The van der Waals surface area contributed by atoms with Crippen LogP contribution in [0.2, 0.25) is 0 Å². The van der Waals surface area contributed by atoms with Crippen molar-refractivity contribution in [2.75, 3.05) is 26.2 Å². The third-order valence-corrected chi connectivity index (χ3v) is 5.98. The number of nitrogens with one attached hydrogen (secondary N) is 1. The number of nitrogens with zero attached hydrogens (tertiary/aromatic N) is 3. The summed E-state index contributed by atoms with van der Waals surface area (Å²) in [7, 11) is 0. The van der Waals surface area contributed by atoms with E-state index in [0.717, 1.165) is 51.9 Å². The van der Waals surface area contributed by atoms with Gasteiger partial charge >= 0.3 is 0 Å². The Morgan fingerprint density at radius 3 is 2.70 bits per heavy atom. The number of rotatable bonds is 5. The summed E-state index contributed by atoms with van der Waals surface area (Å²) in [6, 6.07) is 10.5. The summed E-state index contributed by atoms with van der Waals surface area (Å²) in [6.07, 6.45) is 7.89. The monoisotopic (exact) mass is 364 g/mol. The van der Waals surface area contributed by atoms with E-state index in [1.165, 1.54) is 16.8 Å². The van der Waals surface area contributed by atoms with E-state index < -0.39 is 0 Å². The standard InChI is InChI=1S/C22H28N4O/c1-2-12-25-13-6-9-20(25)22(27)26-14-10-18(11-15-26)21-19(16-23-24-21)17-7-4-3-5-8-17/h2-5,7-8,16,18,20H,1,6,9-15H2,(H,23,24)/t20-/m0/s1. The summed E-state index contributed by atoms with van der Waals surface area (Å²) in [4.78, 5) is 17.3. The van der Waals surface area contributed by atoms with Crippen LogP contribution in [0.4, 0.5) is 0 Å². The summed E-state index contributed by atoms with van der Waals surface area (Å²) in [5.74, 6) is 0.736. The zero-order chi connectivity index (χ0) is 18.6. The first-order valence-electron chi connectivity index (χ1n) is 10.0. The molecule has 2 aromatic rings. The van der Waals surface area contributed by atoms with Gasteiger partial charge in [0.15, 0.2) is 0 Å². The van der Waals surface area contributed by atoms with Crippen LogP contribution in [0.15, 0.2) is 49.2 Å². The number of benzene rings is 1. The SMILES string of the molecule is C=CCN1CCC[C@H]1C(=O)N1CCC(c2[nH]ncc2-c2ccccc2)CC1. The van der Waals surface area contributed by atoms with Gasteiger partial charge < -0.3 is 4.90 Å². The Kier molecular flexibility index (Phi) is 5.39. The maximum Gasteiger partial charge on any atom is 0.239 e. The van der Waals surface area contributed by atoms with Gasteiger partial charge in [0, 0.05) is 36.8 Å². The van der Waals surface area contributed by atoms with Crippen molar-refractivity contribution in [3.8, 4) is 11.1 Å². The number of amides is 1. The van der Waals surface area contributed by atoms with E-state index >= 15 is 0 Å². The predicted molar refractivity (Wildman–Crippen MR) is 107 cm³/mol. The first-order valence-corrected chi connectivity index (χ1v) is 10.0. The number of carbonyl (C=O) groups is 1. The molecule has 3 heterocycles. The molecule has 0 spiro atoms. The number of piperidine rings is 1. The molecule has 1 aromatic heterocycles. The lowest BCUT2D eigenvalue weighted by Gasteiger charge is -2.35. The van der Waals surface area contributed by atoms with E-state index in [4.69, 9.17) is 0 Å². The summed E-state index contributed by atoms with van der Waals surface area (Å²) >= 11 is 0. The van der Waals surface area contributed by atoms with Crippen LogP contribution in [0.5, 0.6) is 0 Å². The van der Waals surface area contributed by atoms with Gasteiger partial charge in [0.2, 0.25) is 5.91 Å². The van der Waals surface area contributed by atoms with Gasteiger partial charge in [0.25, 0.3) is 0 Å². The van der Waals surface area contributed by atoms with Gasteiger partial charge in [0.05, 0.1) is 12.2 Å². The maximum absolute atomic E-state index is 13.0. The molecule has 142 valence electrons. The molecule has 0 saturated carbocycles. The van der Waals surface area contributed by atoms with Gasteiger partial charge in [0.1, 0.15) is 0 Å². The van der Waals surface area contributed by atoms with Crippen LogP contribution in [0, 0.1) is 0 Å². The molecule has 2 aliphatic heterocycles. The van der Waals surface area contributed by atoms with Gasteiger partial charge in [-0.3, -0.25) is 14.8 Å². The fourth-order valence-electron chi connectivity index (χ4n) is 4.54. The Labute approximate surface area is 161 Å². The van der Waals surface area contributed by atoms with Crippen molar-refractivity contribution in [1.82, 2.24) is 20.0 Å². The molecular weight excluding hydrogens is 336 g/mol. The molecule has 0 radical (unpaired) electrons. The second-order valence-electron chi connectivity index (χ2n) is 7.60. The van der Waals surface area contributed by atoms with Crippen molar-refractivity contribution < 1.29 is 4.79 Å². The van der Waals surface area contributed by atoms with Crippen molar-refractivity contribution in [2.24, 2.45) is 0 Å². The van der Waals surface area contributed by atoms with Gasteiger partial charge in [-0.25, -0.2) is 0 Å². The highest BCUT2D eigenvalue weighted by molar-refractivity contribution is 5.82. The highest BCUT2D eigenvalue weighted by Crippen LogP contribution is 2.34. The number of aromatic amines is 1. The number of hydrogen-bond acceptors (Lipinski definition) is 3. The minimum atomic E-state index is 0.0478. The van der Waals surface area contributed by atoms with Crippen LogP contribution in [0.1, 0.15) is 37.3 Å². The van der Waals surface area contributed by atoms with Crippen molar-refractivity contribution >= 4 is 5.91 Å². The third-order valence-electron chi connectivity index (χ3n) is 5.98. The largest absolute Gasteiger partial charge is 0.341 e. The first kappa shape index (κ1) is 18.0. The Morgan fingerprint density at radius 1 is 1.19 bits per heavy atom. The second kappa shape index (κ2) is 8.09. The highest BCUT2D eigenvalue weighted by Gasteiger charge is 2.35. The predicted octanol–water partition coefficient (Wildman–Crippen LogP) is 3.43. The molecule has 0 unspecified atom stereocenters. The second-order valence-corrected chi connectivity index (χ2v) is 7.60. The van der Waals surface area contributed by atoms with E-state index in [1.807, 2.05) is 18.3 Å². The van der Waals surface area contributed by atoms with E-state index in [9.17, 15) is 4.79 Å². The summed E-state index contributed by atoms with van der Waals surface area (Å²) in [5, 5.41) is 7.52. The molecular formula is C22H28N4O. The van der Waals surface area contributed by atoms with Crippen LogP contribution in [-0.4, -0.2) is 58.1 Å². The van der Waals surface area contributed by atoms with E-state index in [1.54, 1.807) is 0 Å². The molecule has 5 nitrogen and oxygen atoms in total.